The molecule has 1 saturated carbocycles. The zero-order valence-corrected chi connectivity index (χ0v) is 11.7. The molecule has 104 valence electrons. The standard InChI is InChI=1S/C14H25NO3/c1-11-4-7-14(17,8-5-11)10-15-9-6-12(2)13(16)18-3/h6,11,15,17H,4-5,7-10H2,1-3H3. The van der Waals surface area contributed by atoms with Crippen LogP contribution in [0, 0.1) is 5.92 Å². The fraction of sp³-hybridized carbons (Fsp3) is 0.786. The molecule has 0 spiro atoms. The number of hydrogen-bond acceptors (Lipinski definition) is 4. The topological polar surface area (TPSA) is 58.6 Å². The van der Waals surface area contributed by atoms with Crippen molar-refractivity contribution in [3.63, 3.8) is 0 Å². The lowest BCUT2D eigenvalue weighted by Crippen LogP contribution is -2.43. The van der Waals surface area contributed by atoms with E-state index in [1.165, 1.54) is 7.11 Å². The van der Waals surface area contributed by atoms with Crippen LogP contribution in [0.4, 0.5) is 0 Å². The van der Waals surface area contributed by atoms with Gasteiger partial charge in [-0.1, -0.05) is 13.0 Å². The lowest BCUT2D eigenvalue weighted by molar-refractivity contribution is -0.136. The van der Waals surface area contributed by atoms with Crippen molar-refractivity contribution in [1.82, 2.24) is 5.32 Å². The van der Waals surface area contributed by atoms with Crippen LogP contribution in [0.2, 0.25) is 0 Å². The quantitative estimate of drug-likeness (QED) is 0.445. The van der Waals surface area contributed by atoms with Gasteiger partial charge >= 0.3 is 5.97 Å². The molecule has 1 rings (SSSR count). The van der Waals surface area contributed by atoms with E-state index in [1.807, 2.05) is 0 Å². The van der Waals surface area contributed by atoms with Gasteiger partial charge < -0.3 is 15.2 Å². The van der Waals surface area contributed by atoms with Crippen LogP contribution in [0.3, 0.4) is 0 Å². The molecule has 0 unspecified atom stereocenters. The number of aliphatic hydroxyl groups is 1. The lowest BCUT2D eigenvalue weighted by atomic mass is 9.79. The van der Waals surface area contributed by atoms with Crippen LogP contribution in [-0.4, -0.2) is 36.9 Å². The second-order valence-electron chi connectivity index (χ2n) is 5.42. The Morgan fingerprint density at radius 1 is 1.50 bits per heavy atom. The Hall–Kier alpha value is -0.870. The van der Waals surface area contributed by atoms with Gasteiger partial charge in [0.15, 0.2) is 0 Å². The summed E-state index contributed by atoms with van der Waals surface area (Å²) in [6, 6.07) is 0. The molecule has 0 saturated heterocycles. The summed E-state index contributed by atoms with van der Waals surface area (Å²) < 4.78 is 4.61. The van der Waals surface area contributed by atoms with Gasteiger partial charge in [0.05, 0.1) is 12.7 Å². The van der Waals surface area contributed by atoms with Gasteiger partial charge in [-0.25, -0.2) is 4.79 Å². The largest absolute Gasteiger partial charge is 0.466 e. The zero-order valence-electron chi connectivity index (χ0n) is 11.7. The van der Waals surface area contributed by atoms with Crippen LogP contribution in [0.5, 0.6) is 0 Å². The van der Waals surface area contributed by atoms with Crippen molar-refractivity contribution in [2.75, 3.05) is 20.2 Å². The molecule has 4 heteroatoms. The monoisotopic (exact) mass is 255 g/mol. The van der Waals surface area contributed by atoms with Gasteiger partial charge in [-0.15, -0.1) is 0 Å². The van der Waals surface area contributed by atoms with Crippen molar-refractivity contribution in [1.29, 1.82) is 0 Å². The van der Waals surface area contributed by atoms with E-state index in [4.69, 9.17) is 0 Å². The summed E-state index contributed by atoms with van der Waals surface area (Å²) in [5.74, 6) is 0.425. The molecule has 4 nitrogen and oxygen atoms in total. The minimum atomic E-state index is -0.570. The Morgan fingerprint density at radius 3 is 2.67 bits per heavy atom. The molecule has 0 aromatic rings. The summed E-state index contributed by atoms with van der Waals surface area (Å²) in [5, 5.41) is 13.5. The van der Waals surface area contributed by atoms with Crippen LogP contribution in [0.1, 0.15) is 39.5 Å². The molecule has 18 heavy (non-hydrogen) atoms. The van der Waals surface area contributed by atoms with E-state index in [1.54, 1.807) is 13.0 Å². The van der Waals surface area contributed by atoms with E-state index in [9.17, 15) is 9.90 Å². The molecule has 0 amide bonds. The van der Waals surface area contributed by atoms with Crippen molar-refractivity contribution in [3.8, 4) is 0 Å². The second-order valence-corrected chi connectivity index (χ2v) is 5.42. The molecule has 0 aromatic carbocycles. The fourth-order valence-corrected chi connectivity index (χ4v) is 2.25. The van der Waals surface area contributed by atoms with E-state index >= 15 is 0 Å². The molecule has 0 atom stereocenters. The van der Waals surface area contributed by atoms with Crippen LogP contribution in [-0.2, 0) is 9.53 Å². The molecule has 0 aliphatic heterocycles. The molecule has 1 aliphatic carbocycles. The average molecular weight is 255 g/mol. The van der Waals surface area contributed by atoms with E-state index in [-0.39, 0.29) is 5.97 Å². The van der Waals surface area contributed by atoms with Crippen molar-refractivity contribution in [2.45, 2.75) is 45.1 Å². The third-order valence-electron chi connectivity index (χ3n) is 3.72. The summed E-state index contributed by atoms with van der Waals surface area (Å²) in [6.45, 7) is 5.13. The van der Waals surface area contributed by atoms with Crippen LogP contribution < -0.4 is 5.32 Å². The Balaban J connectivity index is 2.27. The molecule has 2 N–H and O–H groups in total. The Kier molecular flexibility index (Phi) is 5.82. The van der Waals surface area contributed by atoms with Gasteiger partial charge in [0.1, 0.15) is 0 Å². The summed E-state index contributed by atoms with van der Waals surface area (Å²) in [7, 11) is 1.37. The third-order valence-corrected chi connectivity index (χ3v) is 3.72. The first-order valence-electron chi connectivity index (χ1n) is 6.65. The number of carbonyl (C=O) groups is 1. The molecule has 1 aliphatic rings. The third kappa shape index (κ3) is 4.78. The number of rotatable bonds is 5. The van der Waals surface area contributed by atoms with Gasteiger partial charge in [-0.3, -0.25) is 0 Å². The predicted octanol–water partition coefficient (Wildman–Crippen LogP) is 1.64. The molecule has 1 fully saturated rings. The maximum atomic E-state index is 11.1. The highest BCUT2D eigenvalue weighted by Crippen LogP contribution is 2.31. The minimum Gasteiger partial charge on any atom is -0.466 e. The zero-order chi connectivity index (χ0) is 13.6. The SMILES string of the molecule is COC(=O)C(C)=CCNCC1(O)CCC(C)CC1. The van der Waals surface area contributed by atoms with Crippen LogP contribution in [0.15, 0.2) is 11.6 Å². The fourth-order valence-electron chi connectivity index (χ4n) is 2.25. The van der Waals surface area contributed by atoms with Crippen LogP contribution >= 0.6 is 0 Å². The van der Waals surface area contributed by atoms with Crippen molar-refractivity contribution in [3.05, 3.63) is 11.6 Å². The highest BCUT2D eigenvalue weighted by molar-refractivity contribution is 5.87. The van der Waals surface area contributed by atoms with Crippen molar-refractivity contribution in [2.24, 2.45) is 5.92 Å². The molecular formula is C14H25NO3. The Labute approximate surface area is 109 Å². The molecule has 0 heterocycles. The normalized spacial score (nSPS) is 29.1. The summed E-state index contributed by atoms with van der Waals surface area (Å²) in [6.07, 6.45) is 5.70. The molecule has 0 aromatic heterocycles. The summed E-state index contributed by atoms with van der Waals surface area (Å²) >= 11 is 0. The maximum Gasteiger partial charge on any atom is 0.333 e. The predicted molar refractivity (Wildman–Crippen MR) is 71.2 cm³/mol. The van der Waals surface area contributed by atoms with E-state index in [2.05, 4.69) is 17.0 Å². The summed E-state index contributed by atoms with van der Waals surface area (Å²) in [4.78, 5) is 11.1. The number of hydrogen-bond donors (Lipinski definition) is 2. The van der Waals surface area contributed by atoms with Gasteiger partial charge in [0.25, 0.3) is 0 Å². The smallest absolute Gasteiger partial charge is 0.333 e. The second kappa shape index (κ2) is 6.90. The minimum absolute atomic E-state index is 0.304. The lowest BCUT2D eigenvalue weighted by Gasteiger charge is -2.35. The first-order valence-corrected chi connectivity index (χ1v) is 6.65. The molecule has 0 radical (unpaired) electrons. The highest BCUT2D eigenvalue weighted by atomic mass is 16.5. The van der Waals surface area contributed by atoms with Crippen LogP contribution in [0.25, 0.3) is 0 Å². The van der Waals surface area contributed by atoms with Gasteiger partial charge in [0, 0.05) is 18.7 Å². The first-order chi connectivity index (χ1) is 8.47. The van der Waals surface area contributed by atoms with Gasteiger partial charge in [0.2, 0.25) is 0 Å². The van der Waals surface area contributed by atoms with Crippen molar-refractivity contribution >= 4 is 5.97 Å². The van der Waals surface area contributed by atoms with E-state index < -0.39 is 5.60 Å². The average Bonchev–Trinajstić information content (AvgIpc) is 2.37. The maximum absolute atomic E-state index is 11.1. The van der Waals surface area contributed by atoms with E-state index in [0.29, 0.717) is 18.7 Å². The highest BCUT2D eigenvalue weighted by Gasteiger charge is 2.30. The Bertz CT molecular complexity index is 304. The van der Waals surface area contributed by atoms with Gasteiger partial charge in [-0.05, 0) is 38.5 Å². The number of esters is 1. The number of methoxy groups -OCH3 is 1. The van der Waals surface area contributed by atoms with Gasteiger partial charge in [-0.2, -0.15) is 0 Å². The van der Waals surface area contributed by atoms with E-state index in [0.717, 1.165) is 31.6 Å². The molecular weight excluding hydrogens is 230 g/mol. The summed E-state index contributed by atoms with van der Waals surface area (Å²) in [5.41, 5.74) is 0.0220. The number of ether oxygens (including phenoxy) is 1. The Morgan fingerprint density at radius 2 is 2.11 bits per heavy atom. The molecule has 0 bridgehead atoms. The first kappa shape index (κ1) is 15.2. The number of nitrogens with one attached hydrogen (secondary N) is 1. The van der Waals surface area contributed by atoms with Crippen molar-refractivity contribution < 1.29 is 14.6 Å². The number of carbonyl (C=O) groups excluding carboxylic acids is 1.